The number of rotatable bonds is 2. The summed E-state index contributed by atoms with van der Waals surface area (Å²) in [6.07, 6.45) is 0. The van der Waals surface area contributed by atoms with E-state index in [1.54, 1.807) is 0 Å². The maximum atomic E-state index is 7.38. The highest BCUT2D eigenvalue weighted by Gasteiger charge is 1.91. The average Bonchev–Trinajstić information content (AvgIpc) is 2.50. The van der Waals surface area contributed by atoms with Gasteiger partial charge in [-0.3, -0.25) is 5.32 Å². The predicted molar refractivity (Wildman–Crippen MR) is 90.5 cm³/mol. The van der Waals surface area contributed by atoms with Gasteiger partial charge in [0.25, 0.3) is 0 Å². The molecule has 106 valence electrons. The maximum Gasteiger partial charge on any atom is 0.0575 e. The molecule has 0 unspecified atom stereocenters. The lowest BCUT2D eigenvalue weighted by Gasteiger charge is -1.97. The normalized spacial score (nSPS) is 9.81. The van der Waals surface area contributed by atoms with Gasteiger partial charge in [-0.15, -0.1) is 0 Å². The summed E-state index contributed by atoms with van der Waals surface area (Å²) in [6.45, 7) is 2.83. The SMILES string of the molecule is CC[N]c1ccc(Cl)cc1.[NH]c1ccc2ccccc2c1. The summed E-state index contributed by atoms with van der Waals surface area (Å²) in [5.74, 6) is 0. The molecular formula is C18H17ClN2. The second kappa shape index (κ2) is 7.55. The first-order chi connectivity index (χ1) is 10.2. The zero-order valence-electron chi connectivity index (χ0n) is 11.9. The monoisotopic (exact) mass is 296 g/mol. The molecule has 21 heavy (non-hydrogen) atoms. The van der Waals surface area contributed by atoms with E-state index < -0.39 is 0 Å². The molecule has 0 amide bonds. The first-order valence-corrected chi connectivity index (χ1v) is 7.20. The van der Waals surface area contributed by atoms with E-state index in [0.717, 1.165) is 22.6 Å². The fourth-order valence-corrected chi connectivity index (χ4v) is 2.04. The molecule has 2 radical (unpaired) electrons. The van der Waals surface area contributed by atoms with Gasteiger partial charge in [0, 0.05) is 11.6 Å². The van der Waals surface area contributed by atoms with Crippen LogP contribution in [-0.4, -0.2) is 6.54 Å². The Bertz CT molecular complexity index is 693. The topological polar surface area (TPSA) is 37.9 Å². The average molecular weight is 297 g/mol. The lowest BCUT2D eigenvalue weighted by Crippen LogP contribution is -1.93. The van der Waals surface area contributed by atoms with Gasteiger partial charge in [0.05, 0.1) is 11.4 Å². The number of fused-ring (bicyclic) bond motifs is 1. The maximum absolute atomic E-state index is 7.38. The largest absolute Gasteiger partial charge is 0.301 e. The van der Waals surface area contributed by atoms with Crippen LogP contribution in [0.1, 0.15) is 6.92 Å². The quantitative estimate of drug-likeness (QED) is 0.611. The van der Waals surface area contributed by atoms with E-state index in [0.29, 0.717) is 5.69 Å². The lowest BCUT2D eigenvalue weighted by molar-refractivity contribution is 0.913. The van der Waals surface area contributed by atoms with Crippen LogP contribution in [0.3, 0.4) is 0 Å². The molecule has 0 aromatic heterocycles. The lowest BCUT2D eigenvalue weighted by atomic mass is 10.1. The highest BCUT2D eigenvalue weighted by Crippen LogP contribution is 2.17. The molecule has 0 aliphatic heterocycles. The number of nitrogens with one attached hydrogen (secondary N) is 1. The van der Waals surface area contributed by atoms with Crippen molar-refractivity contribution in [3.63, 3.8) is 0 Å². The molecule has 0 aliphatic carbocycles. The van der Waals surface area contributed by atoms with Crippen molar-refractivity contribution in [3.8, 4) is 0 Å². The van der Waals surface area contributed by atoms with Gasteiger partial charge in [-0.1, -0.05) is 41.9 Å². The molecule has 3 aromatic carbocycles. The zero-order chi connectivity index (χ0) is 15.1. The third-order valence-electron chi connectivity index (χ3n) is 2.92. The summed E-state index contributed by atoms with van der Waals surface area (Å²) in [5, 5.41) is 7.29. The van der Waals surface area contributed by atoms with Crippen molar-refractivity contribution < 1.29 is 0 Å². The molecule has 0 aliphatic rings. The Hall–Kier alpha value is -2.19. The van der Waals surface area contributed by atoms with Crippen LogP contribution in [0.4, 0.5) is 11.4 Å². The molecule has 0 fully saturated rings. The van der Waals surface area contributed by atoms with Crippen molar-refractivity contribution in [1.82, 2.24) is 11.1 Å². The van der Waals surface area contributed by atoms with Crippen LogP contribution >= 0.6 is 11.6 Å². The minimum Gasteiger partial charge on any atom is -0.301 e. The van der Waals surface area contributed by atoms with Gasteiger partial charge in [-0.25, -0.2) is 0 Å². The van der Waals surface area contributed by atoms with E-state index in [9.17, 15) is 0 Å². The molecule has 0 atom stereocenters. The van der Waals surface area contributed by atoms with Crippen molar-refractivity contribution in [2.24, 2.45) is 0 Å². The molecular weight excluding hydrogens is 280 g/mol. The molecule has 0 saturated heterocycles. The van der Waals surface area contributed by atoms with Crippen LogP contribution < -0.4 is 11.1 Å². The van der Waals surface area contributed by atoms with E-state index in [4.69, 9.17) is 17.3 Å². The third-order valence-corrected chi connectivity index (χ3v) is 3.17. The molecule has 3 rings (SSSR count). The van der Waals surface area contributed by atoms with Gasteiger partial charge in [-0.2, -0.15) is 0 Å². The summed E-state index contributed by atoms with van der Waals surface area (Å²) in [5.41, 5.74) is 8.94. The minimum atomic E-state index is 0.573. The van der Waals surface area contributed by atoms with Gasteiger partial charge in [0.15, 0.2) is 0 Å². The Morgan fingerprint density at radius 2 is 1.57 bits per heavy atom. The molecule has 3 heteroatoms. The van der Waals surface area contributed by atoms with Crippen molar-refractivity contribution in [2.75, 3.05) is 6.54 Å². The zero-order valence-corrected chi connectivity index (χ0v) is 12.6. The van der Waals surface area contributed by atoms with Gasteiger partial charge >= 0.3 is 0 Å². The van der Waals surface area contributed by atoms with Crippen LogP contribution in [0.25, 0.3) is 10.8 Å². The summed E-state index contributed by atoms with van der Waals surface area (Å²) >= 11 is 5.67. The first-order valence-electron chi connectivity index (χ1n) is 6.82. The Kier molecular flexibility index (Phi) is 5.47. The van der Waals surface area contributed by atoms with Crippen LogP contribution in [0.5, 0.6) is 0 Å². The smallest absolute Gasteiger partial charge is 0.0575 e. The molecule has 2 nitrogen and oxygen atoms in total. The van der Waals surface area contributed by atoms with Crippen molar-refractivity contribution in [3.05, 3.63) is 71.8 Å². The fraction of sp³-hybridized carbons (Fsp3) is 0.111. The molecule has 0 spiro atoms. The van der Waals surface area contributed by atoms with Gasteiger partial charge in [-0.05, 0) is 54.1 Å². The highest BCUT2D eigenvalue weighted by atomic mass is 35.5. The fourth-order valence-electron chi connectivity index (χ4n) is 1.92. The van der Waals surface area contributed by atoms with E-state index >= 15 is 0 Å². The molecule has 0 heterocycles. The van der Waals surface area contributed by atoms with Crippen LogP contribution in [-0.2, 0) is 0 Å². The van der Waals surface area contributed by atoms with Crippen molar-refractivity contribution >= 4 is 33.7 Å². The van der Waals surface area contributed by atoms with Gasteiger partial charge < -0.3 is 5.73 Å². The van der Waals surface area contributed by atoms with E-state index in [1.165, 1.54) is 5.39 Å². The molecule has 1 N–H and O–H groups in total. The number of halogens is 1. The van der Waals surface area contributed by atoms with Crippen LogP contribution in [0, 0.1) is 0 Å². The van der Waals surface area contributed by atoms with Gasteiger partial charge in [0.1, 0.15) is 0 Å². The van der Waals surface area contributed by atoms with Crippen molar-refractivity contribution in [2.45, 2.75) is 6.92 Å². The summed E-state index contributed by atoms with van der Waals surface area (Å²) in [6, 6.07) is 21.2. The Morgan fingerprint density at radius 1 is 0.905 bits per heavy atom. The van der Waals surface area contributed by atoms with Gasteiger partial charge in [0.2, 0.25) is 0 Å². The van der Waals surface area contributed by atoms with Crippen LogP contribution in [0.2, 0.25) is 5.02 Å². The molecule has 0 bridgehead atoms. The van der Waals surface area contributed by atoms with E-state index in [1.807, 2.05) is 67.6 Å². The van der Waals surface area contributed by atoms with Crippen molar-refractivity contribution in [1.29, 1.82) is 0 Å². The number of hydrogen-bond donors (Lipinski definition) is 0. The van der Waals surface area contributed by atoms with E-state index in [-0.39, 0.29) is 0 Å². The summed E-state index contributed by atoms with van der Waals surface area (Å²) in [4.78, 5) is 0. The number of benzene rings is 3. The second-order valence-electron chi connectivity index (χ2n) is 4.51. The Balaban J connectivity index is 0.000000155. The molecule has 0 saturated carbocycles. The predicted octanol–water partition coefficient (Wildman–Crippen LogP) is 5.35. The second-order valence-corrected chi connectivity index (χ2v) is 4.95. The highest BCUT2D eigenvalue weighted by molar-refractivity contribution is 6.30. The summed E-state index contributed by atoms with van der Waals surface area (Å²) in [7, 11) is 0. The first kappa shape index (κ1) is 15.2. The standard InChI is InChI=1S/C10H8N.C8H9ClN/c11-10-6-5-8-3-1-2-4-9(8)7-10;1-2-10-8-5-3-7(9)4-6-8/h1-7,11H;3-6H,2H2,1H3. The molecule has 3 aromatic rings. The van der Waals surface area contributed by atoms with Crippen LogP contribution in [0.15, 0.2) is 66.7 Å². The van der Waals surface area contributed by atoms with E-state index in [2.05, 4.69) is 11.4 Å². The minimum absolute atomic E-state index is 0.573. The Morgan fingerprint density at radius 3 is 2.24 bits per heavy atom. The Labute approximate surface area is 130 Å². The number of nitrogens with zero attached hydrogens (tertiary/aromatic N) is 1. The number of hydrogen-bond acceptors (Lipinski definition) is 0. The third kappa shape index (κ3) is 4.69. The summed E-state index contributed by atoms with van der Waals surface area (Å²) < 4.78 is 0.